The zero-order chi connectivity index (χ0) is 7.40. The zero-order valence-electron chi connectivity index (χ0n) is 6.33. The van der Waals surface area contributed by atoms with Crippen molar-refractivity contribution in [3.8, 4) is 0 Å². The highest BCUT2D eigenvalue weighted by atomic mass is 127. The molecule has 0 fully saturated rings. The minimum absolute atomic E-state index is 0. The number of hydrogen-bond acceptors (Lipinski definition) is 1. The lowest BCUT2D eigenvalue weighted by molar-refractivity contribution is -0.684. The summed E-state index contributed by atoms with van der Waals surface area (Å²) in [5.41, 5.74) is 0. The average Bonchev–Trinajstić information content (AvgIpc) is 1.88. The maximum Gasteiger partial charge on any atom is 0.206 e. The molecule has 1 aromatic rings. The van der Waals surface area contributed by atoms with Gasteiger partial charge in [-0.1, -0.05) is 6.07 Å². The van der Waals surface area contributed by atoms with Crippen molar-refractivity contribution in [3.05, 3.63) is 30.6 Å². The predicted molar refractivity (Wildman–Crippen MR) is 37.3 cm³/mol. The van der Waals surface area contributed by atoms with Crippen LogP contribution in [0.15, 0.2) is 30.6 Å². The molecule has 0 aliphatic carbocycles. The standard InChI is InChI=1S/C8H10NO.HI/c1-8(10)7-9-5-3-2-4-6-9;/h2-6H,7H2,1H3;1H/q+1;/p-1. The fourth-order valence-corrected chi connectivity index (χ4v) is 0.797. The van der Waals surface area contributed by atoms with Crippen LogP contribution in [0, 0.1) is 0 Å². The van der Waals surface area contributed by atoms with Crippen LogP contribution in [0.2, 0.25) is 0 Å². The molecule has 0 aliphatic rings. The van der Waals surface area contributed by atoms with E-state index < -0.39 is 0 Å². The Morgan fingerprint density at radius 2 is 1.82 bits per heavy atom. The fourth-order valence-electron chi connectivity index (χ4n) is 0.797. The van der Waals surface area contributed by atoms with Gasteiger partial charge in [-0.25, -0.2) is 0 Å². The third-order valence-electron chi connectivity index (χ3n) is 1.18. The number of carbonyl (C=O) groups excluding carboxylic acids is 1. The van der Waals surface area contributed by atoms with Gasteiger partial charge in [0.15, 0.2) is 18.2 Å². The van der Waals surface area contributed by atoms with Gasteiger partial charge in [-0.3, -0.25) is 4.79 Å². The lowest BCUT2D eigenvalue weighted by atomic mass is 10.4. The van der Waals surface area contributed by atoms with Crippen LogP contribution in [0.25, 0.3) is 0 Å². The van der Waals surface area contributed by atoms with Gasteiger partial charge in [-0.05, 0) is 0 Å². The van der Waals surface area contributed by atoms with E-state index in [-0.39, 0.29) is 29.8 Å². The number of Topliss-reactive ketones (excluding diaryl/α,β-unsaturated/α-hetero) is 1. The SMILES string of the molecule is CC(=O)C[n+]1ccccc1.[I-]. The summed E-state index contributed by atoms with van der Waals surface area (Å²) in [6.45, 7) is 2.06. The van der Waals surface area contributed by atoms with Crippen LogP contribution in [0.3, 0.4) is 0 Å². The Hall–Kier alpha value is -0.450. The quantitative estimate of drug-likeness (QED) is 0.429. The van der Waals surface area contributed by atoms with E-state index in [4.69, 9.17) is 0 Å². The number of hydrogen-bond donors (Lipinski definition) is 0. The highest BCUT2D eigenvalue weighted by Crippen LogP contribution is 1.77. The molecule has 11 heavy (non-hydrogen) atoms. The van der Waals surface area contributed by atoms with Crippen LogP contribution < -0.4 is 28.5 Å². The Balaban J connectivity index is 0.000001000. The van der Waals surface area contributed by atoms with Crippen LogP contribution in [-0.4, -0.2) is 5.78 Å². The number of pyridine rings is 1. The number of ketones is 1. The van der Waals surface area contributed by atoms with Gasteiger partial charge in [0.1, 0.15) is 0 Å². The third kappa shape index (κ3) is 4.08. The summed E-state index contributed by atoms with van der Waals surface area (Å²) in [6.07, 6.45) is 3.75. The third-order valence-corrected chi connectivity index (χ3v) is 1.18. The Labute approximate surface area is 83.3 Å². The van der Waals surface area contributed by atoms with Crippen molar-refractivity contribution in [2.45, 2.75) is 13.5 Å². The Morgan fingerprint density at radius 3 is 2.27 bits per heavy atom. The van der Waals surface area contributed by atoms with Crippen LogP contribution in [0.4, 0.5) is 0 Å². The van der Waals surface area contributed by atoms with Gasteiger partial charge < -0.3 is 24.0 Å². The first kappa shape index (κ1) is 10.6. The van der Waals surface area contributed by atoms with Crippen LogP contribution in [0.5, 0.6) is 0 Å². The maximum absolute atomic E-state index is 10.6. The van der Waals surface area contributed by atoms with Gasteiger partial charge in [0.25, 0.3) is 0 Å². The molecule has 0 spiro atoms. The number of carbonyl (C=O) groups is 1. The minimum Gasteiger partial charge on any atom is -1.00 e. The summed E-state index contributed by atoms with van der Waals surface area (Å²) in [6, 6.07) is 5.74. The van der Waals surface area contributed by atoms with Crippen LogP contribution >= 0.6 is 0 Å². The second-order valence-electron chi connectivity index (χ2n) is 2.25. The summed E-state index contributed by atoms with van der Waals surface area (Å²) in [5, 5.41) is 0. The molecule has 1 aromatic heterocycles. The van der Waals surface area contributed by atoms with Gasteiger partial charge in [-0.15, -0.1) is 0 Å². The molecule has 0 aliphatic heterocycles. The van der Waals surface area contributed by atoms with Gasteiger partial charge in [-0.2, -0.15) is 4.57 Å². The first-order chi connectivity index (χ1) is 4.79. The minimum atomic E-state index is 0. The van der Waals surface area contributed by atoms with E-state index in [0.717, 1.165) is 0 Å². The van der Waals surface area contributed by atoms with E-state index in [0.29, 0.717) is 6.54 Å². The molecular formula is C8H10INO. The van der Waals surface area contributed by atoms with Crippen molar-refractivity contribution in [2.75, 3.05) is 0 Å². The molecule has 2 nitrogen and oxygen atoms in total. The first-order valence-corrected chi connectivity index (χ1v) is 3.22. The largest absolute Gasteiger partial charge is 1.00 e. The van der Waals surface area contributed by atoms with E-state index in [1.54, 1.807) is 6.92 Å². The molecule has 0 saturated heterocycles. The van der Waals surface area contributed by atoms with E-state index >= 15 is 0 Å². The van der Waals surface area contributed by atoms with Crippen molar-refractivity contribution in [3.63, 3.8) is 0 Å². The van der Waals surface area contributed by atoms with Gasteiger partial charge >= 0.3 is 0 Å². The van der Waals surface area contributed by atoms with E-state index in [9.17, 15) is 4.79 Å². The lowest BCUT2D eigenvalue weighted by Gasteiger charge is -1.88. The number of nitrogens with zero attached hydrogens (tertiary/aromatic N) is 1. The number of rotatable bonds is 2. The van der Waals surface area contributed by atoms with E-state index in [2.05, 4.69) is 0 Å². The van der Waals surface area contributed by atoms with Crippen molar-refractivity contribution < 1.29 is 33.3 Å². The van der Waals surface area contributed by atoms with Gasteiger partial charge in [0, 0.05) is 19.1 Å². The Bertz CT molecular complexity index is 223. The lowest BCUT2D eigenvalue weighted by Crippen LogP contribution is -3.00. The van der Waals surface area contributed by atoms with Gasteiger partial charge in [0.05, 0.1) is 0 Å². The van der Waals surface area contributed by atoms with Crippen LogP contribution in [-0.2, 0) is 11.3 Å². The summed E-state index contributed by atoms with van der Waals surface area (Å²) >= 11 is 0. The molecule has 3 heteroatoms. The number of aromatic nitrogens is 1. The second kappa shape index (κ2) is 5.23. The van der Waals surface area contributed by atoms with Gasteiger partial charge in [0.2, 0.25) is 6.54 Å². The topological polar surface area (TPSA) is 20.9 Å². The van der Waals surface area contributed by atoms with Crippen molar-refractivity contribution >= 4 is 5.78 Å². The highest BCUT2D eigenvalue weighted by molar-refractivity contribution is 5.73. The molecular weight excluding hydrogens is 253 g/mol. The Morgan fingerprint density at radius 1 is 1.27 bits per heavy atom. The normalized spacial score (nSPS) is 8.45. The summed E-state index contributed by atoms with van der Waals surface area (Å²) in [4.78, 5) is 10.6. The Kier molecular flexibility index (Phi) is 5.02. The summed E-state index contributed by atoms with van der Waals surface area (Å²) < 4.78 is 1.85. The monoisotopic (exact) mass is 263 g/mol. The summed E-state index contributed by atoms with van der Waals surface area (Å²) in [7, 11) is 0. The fraction of sp³-hybridized carbons (Fsp3) is 0.250. The van der Waals surface area contributed by atoms with Crippen molar-refractivity contribution in [2.24, 2.45) is 0 Å². The molecule has 60 valence electrons. The van der Waals surface area contributed by atoms with E-state index in [1.165, 1.54) is 0 Å². The first-order valence-electron chi connectivity index (χ1n) is 3.22. The molecule has 1 rings (SSSR count). The molecule has 0 bridgehead atoms. The average molecular weight is 263 g/mol. The van der Waals surface area contributed by atoms with Crippen molar-refractivity contribution in [1.29, 1.82) is 0 Å². The van der Waals surface area contributed by atoms with E-state index in [1.807, 2.05) is 35.2 Å². The van der Waals surface area contributed by atoms with Crippen molar-refractivity contribution in [1.82, 2.24) is 0 Å². The molecule has 0 atom stereocenters. The molecule has 0 amide bonds. The molecule has 0 radical (unpaired) electrons. The zero-order valence-corrected chi connectivity index (χ0v) is 8.48. The molecule has 0 aromatic carbocycles. The molecule has 0 N–H and O–H groups in total. The maximum atomic E-state index is 10.6. The summed E-state index contributed by atoms with van der Waals surface area (Å²) in [5.74, 6) is 0.177. The molecule has 1 heterocycles. The predicted octanol–water partition coefficient (Wildman–Crippen LogP) is -2.43. The highest BCUT2D eigenvalue weighted by Gasteiger charge is 1.99. The second-order valence-corrected chi connectivity index (χ2v) is 2.25. The molecule has 0 saturated carbocycles. The smallest absolute Gasteiger partial charge is 0.206 e. The van der Waals surface area contributed by atoms with Crippen LogP contribution in [0.1, 0.15) is 6.92 Å². The number of halogens is 1. The molecule has 0 unspecified atom stereocenters.